The lowest BCUT2D eigenvalue weighted by Gasteiger charge is -2.18. The molecule has 0 aliphatic heterocycles. The lowest BCUT2D eigenvalue weighted by atomic mass is 9.94. The summed E-state index contributed by atoms with van der Waals surface area (Å²) in [6.45, 7) is 2.75. The lowest BCUT2D eigenvalue weighted by molar-refractivity contribution is 0.112. The zero-order valence-electron chi connectivity index (χ0n) is 12.3. The molecule has 110 valence electrons. The number of aromatic nitrogens is 1. The predicted octanol–water partition coefficient (Wildman–Crippen LogP) is 3.32. The van der Waals surface area contributed by atoms with Crippen molar-refractivity contribution in [3.63, 3.8) is 0 Å². The molecule has 1 N–H and O–H groups in total. The smallest absolute Gasteiger partial charge is 0.137 e. The summed E-state index contributed by atoms with van der Waals surface area (Å²) < 4.78 is 5.60. The summed E-state index contributed by atoms with van der Waals surface area (Å²) in [6, 6.07) is 10.3. The topological polar surface area (TPSA) is 42.4 Å². The fourth-order valence-corrected chi connectivity index (χ4v) is 2.98. The zero-order chi connectivity index (χ0) is 14.7. The molecule has 1 aromatic carbocycles. The third kappa shape index (κ3) is 3.08. The lowest BCUT2D eigenvalue weighted by Crippen LogP contribution is -2.13. The summed E-state index contributed by atoms with van der Waals surface area (Å²) in [4.78, 5) is 4.19. The number of rotatable bonds is 5. The summed E-state index contributed by atoms with van der Waals surface area (Å²) in [5.41, 5.74) is 3.56. The van der Waals surface area contributed by atoms with Gasteiger partial charge in [0.15, 0.2) is 0 Å². The van der Waals surface area contributed by atoms with E-state index in [1.54, 1.807) is 12.4 Å². The van der Waals surface area contributed by atoms with Crippen LogP contribution in [0.25, 0.3) is 0 Å². The second kappa shape index (κ2) is 6.27. The zero-order valence-corrected chi connectivity index (χ0v) is 12.3. The molecule has 0 fully saturated rings. The van der Waals surface area contributed by atoms with Crippen LogP contribution < -0.4 is 4.74 Å². The summed E-state index contributed by atoms with van der Waals surface area (Å²) in [7, 11) is 0. The SMILES string of the molecule is CCCOc1cncc(C(O)C2Cc3ccccc3C2)c1. The van der Waals surface area contributed by atoms with Crippen molar-refractivity contribution in [3.8, 4) is 5.75 Å². The van der Waals surface area contributed by atoms with Crippen LogP contribution in [0.1, 0.15) is 36.1 Å². The Hall–Kier alpha value is -1.87. The van der Waals surface area contributed by atoms with Crippen molar-refractivity contribution in [2.45, 2.75) is 32.3 Å². The molecule has 0 amide bonds. The quantitative estimate of drug-likeness (QED) is 0.915. The second-order valence-corrected chi connectivity index (χ2v) is 5.68. The van der Waals surface area contributed by atoms with Crippen molar-refractivity contribution in [2.24, 2.45) is 5.92 Å². The molecule has 0 radical (unpaired) electrons. The van der Waals surface area contributed by atoms with Crippen molar-refractivity contribution >= 4 is 0 Å². The van der Waals surface area contributed by atoms with Gasteiger partial charge < -0.3 is 9.84 Å². The van der Waals surface area contributed by atoms with E-state index >= 15 is 0 Å². The first-order valence-corrected chi connectivity index (χ1v) is 7.60. The third-order valence-corrected chi connectivity index (χ3v) is 4.08. The molecule has 3 heteroatoms. The minimum Gasteiger partial charge on any atom is -0.492 e. The number of fused-ring (bicyclic) bond motifs is 1. The predicted molar refractivity (Wildman–Crippen MR) is 82.3 cm³/mol. The normalized spacial score (nSPS) is 15.7. The van der Waals surface area contributed by atoms with E-state index in [2.05, 4.69) is 36.2 Å². The fraction of sp³-hybridized carbons (Fsp3) is 0.389. The maximum absolute atomic E-state index is 10.6. The highest BCUT2D eigenvalue weighted by molar-refractivity contribution is 5.34. The van der Waals surface area contributed by atoms with Gasteiger partial charge in [0.05, 0.1) is 18.9 Å². The maximum atomic E-state index is 10.6. The fourth-order valence-electron chi connectivity index (χ4n) is 2.98. The van der Waals surface area contributed by atoms with Gasteiger partial charge in [-0.1, -0.05) is 31.2 Å². The molecular weight excluding hydrogens is 262 g/mol. The summed E-state index contributed by atoms with van der Waals surface area (Å²) >= 11 is 0. The maximum Gasteiger partial charge on any atom is 0.137 e. The number of ether oxygens (including phenoxy) is 1. The van der Waals surface area contributed by atoms with Gasteiger partial charge in [-0.3, -0.25) is 4.98 Å². The number of hydrogen-bond donors (Lipinski definition) is 1. The molecule has 0 spiro atoms. The third-order valence-electron chi connectivity index (χ3n) is 4.08. The highest BCUT2D eigenvalue weighted by atomic mass is 16.5. The van der Waals surface area contributed by atoms with Crippen LogP contribution in [0.4, 0.5) is 0 Å². The Balaban J connectivity index is 1.73. The van der Waals surface area contributed by atoms with Crippen LogP contribution in [-0.4, -0.2) is 16.7 Å². The van der Waals surface area contributed by atoms with Gasteiger partial charge in [0.25, 0.3) is 0 Å². The molecule has 1 aliphatic rings. The molecule has 0 saturated carbocycles. The molecule has 0 bridgehead atoms. The Kier molecular flexibility index (Phi) is 4.20. The largest absolute Gasteiger partial charge is 0.492 e. The number of aliphatic hydroxyl groups is 1. The first kappa shape index (κ1) is 14.1. The van der Waals surface area contributed by atoms with Crippen LogP contribution in [0.15, 0.2) is 42.7 Å². The molecule has 1 aromatic heterocycles. The number of hydrogen-bond acceptors (Lipinski definition) is 3. The second-order valence-electron chi connectivity index (χ2n) is 5.68. The number of benzene rings is 1. The molecule has 1 atom stereocenters. The van der Waals surface area contributed by atoms with Gasteiger partial charge in [0, 0.05) is 11.8 Å². The summed E-state index contributed by atoms with van der Waals surface area (Å²) in [5.74, 6) is 0.967. The van der Waals surface area contributed by atoms with Crippen molar-refractivity contribution in [2.75, 3.05) is 6.61 Å². The molecule has 3 rings (SSSR count). The van der Waals surface area contributed by atoms with Crippen LogP contribution in [-0.2, 0) is 12.8 Å². The van der Waals surface area contributed by atoms with Gasteiger partial charge in [0.2, 0.25) is 0 Å². The van der Waals surface area contributed by atoms with Crippen molar-refractivity contribution in [1.29, 1.82) is 0 Å². The number of nitrogens with zero attached hydrogens (tertiary/aromatic N) is 1. The van der Waals surface area contributed by atoms with E-state index in [9.17, 15) is 5.11 Å². The van der Waals surface area contributed by atoms with E-state index < -0.39 is 6.10 Å². The summed E-state index contributed by atoms with van der Waals surface area (Å²) in [5, 5.41) is 10.6. The van der Waals surface area contributed by atoms with E-state index in [-0.39, 0.29) is 5.92 Å². The van der Waals surface area contributed by atoms with Crippen LogP contribution in [0.2, 0.25) is 0 Å². The van der Waals surface area contributed by atoms with E-state index in [4.69, 9.17) is 4.74 Å². The molecule has 1 aliphatic carbocycles. The Morgan fingerprint density at radius 3 is 2.62 bits per heavy atom. The molecule has 1 unspecified atom stereocenters. The van der Waals surface area contributed by atoms with Crippen LogP contribution in [0, 0.1) is 5.92 Å². The van der Waals surface area contributed by atoms with E-state index in [0.29, 0.717) is 6.61 Å². The molecule has 2 aromatic rings. The Morgan fingerprint density at radius 1 is 1.24 bits per heavy atom. The van der Waals surface area contributed by atoms with Crippen LogP contribution in [0.5, 0.6) is 5.75 Å². The van der Waals surface area contributed by atoms with E-state index in [1.807, 2.05) is 6.07 Å². The minimum atomic E-state index is -0.491. The molecule has 1 heterocycles. The Labute approximate surface area is 125 Å². The van der Waals surface area contributed by atoms with Crippen molar-refractivity contribution in [1.82, 2.24) is 4.98 Å². The Morgan fingerprint density at radius 2 is 1.95 bits per heavy atom. The highest BCUT2D eigenvalue weighted by Gasteiger charge is 2.28. The molecule has 21 heavy (non-hydrogen) atoms. The number of pyridine rings is 1. The molecular formula is C18H21NO2. The first-order valence-electron chi connectivity index (χ1n) is 7.60. The van der Waals surface area contributed by atoms with Crippen LogP contribution in [0.3, 0.4) is 0 Å². The monoisotopic (exact) mass is 283 g/mol. The highest BCUT2D eigenvalue weighted by Crippen LogP contribution is 2.35. The van der Waals surface area contributed by atoms with Gasteiger partial charge in [-0.15, -0.1) is 0 Å². The first-order chi connectivity index (χ1) is 10.3. The van der Waals surface area contributed by atoms with Gasteiger partial charge >= 0.3 is 0 Å². The van der Waals surface area contributed by atoms with Crippen molar-refractivity contribution in [3.05, 3.63) is 59.4 Å². The standard InChI is InChI=1S/C18H21NO2/c1-2-7-21-17-10-16(11-19-12-17)18(20)15-8-13-5-3-4-6-14(13)9-15/h3-6,10-12,15,18,20H,2,7-9H2,1H3. The number of aliphatic hydroxyl groups excluding tert-OH is 1. The van der Waals surface area contributed by atoms with E-state index in [1.165, 1.54) is 11.1 Å². The van der Waals surface area contributed by atoms with Gasteiger partial charge in [-0.05, 0) is 42.4 Å². The average Bonchev–Trinajstić information content (AvgIpc) is 2.96. The van der Waals surface area contributed by atoms with Gasteiger partial charge in [-0.25, -0.2) is 0 Å². The average molecular weight is 283 g/mol. The minimum absolute atomic E-state index is 0.227. The molecule has 0 saturated heterocycles. The summed E-state index contributed by atoms with van der Waals surface area (Å²) in [6.07, 6.45) is 5.77. The van der Waals surface area contributed by atoms with Crippen LogP contribution >= 0.6 is 0 Å². The molecule has 3 nitrogen and oxygen atoms in total. The Bertz CT molecular complexity index is 587. The van der Waals surface area contributed by atoms with Gasteiger partial charge in [-0.2, -0.15) is 0 Å². The van der Waals surface area contributed by atoms with E-state index in [0.717, 1.165) is 30.6 Å². The van der Waals surface area contributed by atoms with Crippen molar-refractivity contribution < 1.29 is 9.84 Å². The van der Waals surface area contributed by atoms with Gasteiger partial charge in [0.1, 0.15) is 5.75 Å².